The molecule has 2 heterocycles. The summed E-state index contributed by atoms with van der Waals surface area (Å²) in [5.41, 5.74) is 5.85. The fourth-order valence-corrected chi connectivity index (χ4v) is 2.72. The van der Waals surface area contributed by atoms with Crippen LogP contribution >= 0.6 is 0 Å². The minimum Gasteiger partial charge on any atom is -0.378 e. The lowest BCUT2D eigenvalue weighted by molar-refractivity contribution is -0.124. The summed E-state index contributed by atoms with van der Waals surface area (Å²) in [5, 5.41) is 3.12. The predicted octanol–water partition coefficient (Wildman–Crippen LogP) is 0.0932. The van der Waals surface area contributed by atoms with Crippen molar-refractivity contribution in [2.75, 3.05) is 26.2 Å². The van der Waals surface area contributed by atoms with Crippen molar-refractivity contribution >= 4 is 5.91 Å². The topological polar surface area (TPSA) is 67.6 Å². The molecule has 2 unspecified atom stereocenters. The number of nitrogens with two attached hydrogens (primary N) is 1. The molecule has 2 rings (SSSR count). The molecule has 5 heteroatoms. The molecule has 2 aliphatic rings. The number of carbonyl (C=O) groups excluding carboxylic acids is 1. The second kappa shape index (κ2) is 6.50. The molecule has 2 fully saturated rings. The lowest BCUT2D eigenvalue weighted by Crippen LogP contribution is -2.48. The summed E-state index contributed by atoms with van der Waals surface area (Å²) in [5.74, 6) is 0.143. The Labute approximate surface area is 109 Å². The number of likely N-dealkylation sites (tertiary alicyclic amines) is 1. The quantitative estimate of drug-likeness (QED) is 0.750. The molecule has 0 aromatic heterocycles. The zero-order valence-corrected chi connectivity index (χ0v) is 11.2. The molecule has 0 aliphatic carbocycles. The summed E-state index contributed by atoms with van der Waals surface area (Å²) in [6.07, 6.45) is 4.12. The number of carbonyl (C=O) groups is 1. The maximum absolute atomic E-state index is 11.9. The van der Waals surface area contributed by atoms with Gasteiger partial charge >= 0.3 is 0 Å². The average Bonchev–Trinajstić information content (AvgIpc) is 2.32. The van der Waals surface area contributed by atoms with Gasteiger partial charge in [-0.15, -0.1) is 0 Å². The Balaban J connectivity index is 1.68. The standard InChI is InChI=1S/C13H25N3O2/c1-10-8-12(4-7-18-10)15-13(17)9-16-5-2-11(14)3-6-16/h10-12H,2-9,14H2,1H3,(H,15,17). The maximum Gasteiger partial charge on any atom is 0.234 e. The second-order valence-electron chi connectivity index (χ2n) is 5.58. The predicted molar refractivity (Wildman–Crippen MR) is 70.2 cm³/mol. The lowest BCUT2D eigenvalue weighted by Gasteiger charge is -2.31. The molecule has 3 N–H and O–H groups in total. The molecule has 18 heavy (non-hydrogen) atoms. The third-order valence-electron chi connectivity index (χ3n) is 3.85. The van der Waals surface area contributed by atoms with Gasteiger partial charge in [0.1, 0.15) is 0 Å². The highest BCUT2D eigenvalue weighted by Crippen LogP contribution is 2.13. The van der Waals surface area contributed by atoms with Gasteiger partial charge in [0, 0.05) is 31.8 Å². The van der Waals surface area contributed by atoms with E-state index in [1.807, 2.05) is 0 Å². The Morgan fingerprint density at radius 3 is 2.78 bits per heavy atom. The number of ether oxygens (including phenoxy) is 1. The highest BCUT2D eigenvalue weighted by molar-refractivity contribution is 5.78. The Hall–Kier alpha value is -0.650. The summed E-state index contributed by atoms with van der Waals surface area (Å²) in [4.78, 5) is 14.1. The van der Waals surface area contributed by atoms with Crippen LogP contribution in [0.4, 0.5) is 0 Å². The van der Waals surface area contributed by atoms with Crippen molar-refractivity contribution in [3.8, 4) is 0 Å². The smallest absolute Gasteiger partial charge is 0.234 e. The molecular formula is C13H25N3O2. The normalized spacial score (nSPS) is 31.2. The van der Waals surface area contributed by atoms with Crippen LogP contribution in [0.15, 0.2) is 0 Å². The third kappa shape index (κ3) is 4.23. The van der Waals surface area contributed by atoms with Crippen molar-refractivity contribution in [2.45, 2.75) is 50.8 Å². The monoisotopic (exact) mass is 255 g/mol. The number of hydrogen-bond donors (Lipinski definition) is 2. The zero-order valence-electron chi connectivity index (χ0n) is 11.2. The van der Waals surface area contributed by atoms with Crippen LogP contribution in [0.1, 0.15) is 32.6 Å². The summed E-state index contributed by atoms with van der Waals surface area (Å²) in [7, 11) is 0. The molecule has 0 aromatic carbocycles. The molecule has 0 spiro atoms. The van der Waals surface area contributed by atoms with Crippen LogP contribution in [-0.2, 0) is 9.53 Å². The van der Waals surface area contributed by atoms with Gasteiger partial charge in [-0.3, -0.25) is 9.69 Å². The third-order valence-corrected chi connectivity index (χ3v) is 3.85. The van der Waals surface area contributed by atoms with E-state index in [2.05, 4.69) is 17.1 Å². The Kier molecular flexibility index (Phi) is 4.97. The number of rotatable bonds is 3. The van der Waals surface area contributed by atoms with Crippen LogP contribution in [0.2, 0.25) is 0 Å². The van der Waals surface area contributed by atoms with Crippen LogP contribution in [0.5, 0.6) is 0 Å². The molecular weight excluding hydrogens is 230 g/mol. The maximum atomic E-state index is 11.9. The van der Waals surface area contributed by atoms with Crippen LogP contribution < -0.4 is 11.1 Å². The molecule has 0 saturated carbocycles. The van der Waals surface area contributed by atoms with Crippen molar-refractivity contribution < 1.29 is 9.53 Å². The molecule has 1 amide bonds. The first kappa shape index (κ1) is 13.8. The van der Waals surface area contributed by atoms with E-state index >= 15 is 0 Å². The number of nitrogens with zero attached hydrogens (tertiary/aromatic N) is 1. The Bertz CT molecular complexity index is 277. The molecule has 5 nitrogen and oxygen atoms in total. The van der Waals surface area contributed by atoms with Gasteiger partial charge in [0.15, 0.2) is 0 Å². The number of piperidine rings is 1. The summed E-state index contributed by atoms with van der Waals surface area (Å²) < 4.78 is 5.48. The van der Waals surface area contributed by atoms with E-state index in [1.54, 1.807) is 0 Å². The van der Waals surface area contributed by atoms with Crippen LogP contribution in [0.25, 0.3) is 0 Å². The van der Waals surface area contributed by atoms with Crippen molar-refractivity contribution in [3.63, 3.8) is 0 Å². The lowest BCUT2D eigenvalue weighted by atomic mass is 10.0. The Morgan fingerprint density at radius 2 is 2.11 bits per heavy atom. The van der Waals surface area contributed by atoms with Crippen LogP contribution in [-0.4, -0.2) is 55.2 Å². The first-order chi connectivity index (χ1) is 8.63. The fraction of sp³-hybridized carbons (Fsp3) is 0.923. The first-order valence-electron chi connectivity index (χ1n) is 7.02. The van der Waals surface area contributed by atoms with Crippen molar-refractivity contribution in [1.29, 1.82) is 0 Å². The van der Waals surface area contributed by atoms with Crippen LogP contribution in [0, 0.1) is 0 Å². The summed E-state index contributed by atoms with van der Waals surface area (Å²) in [6, 6.07) is 0.606. The van der Waals surface area contributed by atoms with Gasteiger partial charge in [0.25, 0.3) is 0 Å². The van der Waals surface area contributed by atoms with Gasteiger partial charge in [-0.2, -0.15) is 0 Å². The Morgan fingerprint density at radius 1 is 1.39 bits per heavy atom. The second-order valence-corrected chi connectivity index (χ2v) is 5.58. The van der Waals surface area contributed by atoms with E-state index in [-0.39, 0.29) is 18.1 Å². The fourth-order valence-electron chi connectivity index (χ4n) is 2.72. The van der Waals surface area contributed by atoms with Gasteiger partial charge in [-0.1, -0.05) is 0 Å². The van der Waals surface area contributed by atoms with Crippen LogP contribution in [0.3, 0.4) is 0 Å². The largest absolute Gasteiger partial charge is 0.378 e. The van der Waals surface area contributed by atoms with Gasteiger partial charge in [0.2, 0.25) is 5.91 Å². The van der Waals surface area contributed by atoms with Gasteiger partial charge in [0.05, 0.1) is 12.6 Å². The molecule has 0 radical (unpaired) electrons. The highest BCUT2D eigenvalue weighted by atomic mass is 16.5. The van der Waals surface area contributed by atoms with Gasteiger partial charge < -0.3 is 15.8 Å². The number of amides is 1. The molecule has 2 saturated heterocycles. The molecule has 0 aromatic rings. The van der Waals surface area contributed by atoms with E-state index < -0.39 is 0 Å². The van der Waals surface area contributed by atoms with Crippen molar-refractivity contribution in [1.82, 2.24) is 10.2 Å². The van der Waals surface area contributed by atoms with E-state index in [0.717, 1.165) is 45.4 Å². The summed E-state index contributed by atoms with van der Waals surface area (Å²) in [6.45, 7) is 5.21. The molecule has 0 bridgehead atoms. The molecule has 104 valence electrons. The first-order valence-corrected chi connectivity index (χ1v) is 7.02. The minimum absolute atomic E-state index is 0.143. The number of nitrogens with one attached hydrogen (secondary N) is 1. The summed E-state index contributed by atoms with van der Waals surface area (Å²) >= 11 is 0. The molecule has 2 atom stereocenters. The minimum atomic E-state index is 0.143. The van der Waals surface area contributed by atoms with E-state index in [9.17, 15) is 4.79 Å². The van der Waals surface area contributed by atoms with E-state index in [0.29, 0.717) is 12.6 Å². The average molecular weight is 255 g/mol. The van der Waals surface area contributed by atoms with Crippen molar-refractivity contribution in [2.24, 2.45) is 5.73 Å². The van der Waals surface area contributed by atoms with E-state index in [4.69, 9.17) is 10.5 Å². The van der Waals surface area contributed by atoms with Gasteiger partial charge in [-0.25, -0.2) is 0 Å². The van der Waals surface area contributed by atoms with Gasteiger partial charge in [-0.05, 0) is 32.6 Å². The highest BCUT2D eigenvalue weighted by Gasteiger charge is 2.23. The van der Waals surface area contributed by atoms with Crippen molar-refractivity contribution in [3.05, 3.63) is 0 Å². The van der Waals surface area contributed by atoms with E-state index in [1.165, 1.54) is 0 Å². The zero-order chi connectivity index (χ0) is 13.0. The molecule has 2 aliphatic heterocycles. The SMILES string of the molecule is CC1CC(NC(=O)CN2CCC(N)CC2)CCO1. The number of hydrogen-bond acceptors (Lipinski definition) is 4.